The molecule has 0 unspecified atom stereocenters. The molecule has 8 heteroatoms. The van der Waals surface area contributed by atoms with E-state index in [9.17, 15) is 9.59 Å². The van der Waals surface area contributed by atoms with Crippen molar-refractivity contribution in [3.05, 3.63) is 71.3 Å². The van der Waals surface area contributed by atoms with Gasteiger partial charge in [0.1, 0.15) is 0 Å². The molecule has 0 saturated carbocycles. The Morgan fingerprint density at radius 2 is 2.12 bits per heavy atom. The van der Waals surface area contributed by atoms with E-state index in [1.165, 1.54) is 17.4 Å². The normalized spacial score (nSPS) is 10.2. The number of thiazole rings is 1. The Morgan fingerprint density at radius 3 is 2.73 bits per heavy atom. The third-order valence-corrected chi connectivity index (χ3v) is 4.10. The molecule has 3 aromatic heterocycles. The van der Waals surface area contributed by atoms with Crippen LogP contribution in [0.2, 0.25) is 0 Å². The van der Waals surface area contributed by atoms with Crippen LogP contribution in [-0.4, -0.2) is 38.9 Å². The number of carbonyl (C=O) groups excluding carboxylic acids is 1. The van der Waals surface area contributed by atoms with Gasteiger partial charge in [-0.2, -0.15) is 0 Å². The lowest BCUT2D eigenvalue weighted by molar-refractivity contribution is -0.131. The van der Waals surface area contributed by atoms with Gasteiger partial charge in [0, 0.05) is 43.6 Å². The molecular weight excluding hydrogens is 352 g/mol. The van der Waals surface area contributed by atoms with Gasteiger partial charge in [-0.05, 0) is 35.9 Å². The standard InChI is InChI=1S/C11H10N2O.C7H8N2O2S/c14-9-11-2-1-7-13(11)8-10-3-5-12-6-4-10;1-8-7-9-5(4-12-7)2-3-6(10)11/h1-7,9H,8H2;2-4H,1H3,(H,8,9)(H,10,11)/b;3-2+. The minimum Gasteiger partial charge on any atom is -0.478 e. The number of carbonyl (C=O) groups is 2. The third kappa shape index (κ3) is 5.99. The van der Waals surface area contributed by atoms with Crippen molar-refractivity contribution in [3.63, 3.8) is 0 Å². The summed E-state index contributed by atoms with van der Waals surface area (Å²) in [7, 11) is 1.77. The molecule has 0 aliphatic heterocycles. The van der Waals surface area contributed by atoms with Crippen LogP contribution in [0.1, 0.15) is 21.7 Å². The molecule has 0 amide bonds. The van der Waals surface area contributed by atoms with E-state index in [0.29, 0.717) is 17.9 Å². The van der Waals surface area contributed by atoms with Crippen LogP contribution in [0.15, 0.2) is 54.3 Å². The molecule has 0 bridgehead atoms. The number of aldehydes is 1. The second-order valence-electron chi connectivity index (χ2n) is 5.03. The van der Waals surface area contributed by atoms with E-state index in [2.05, 4.69) is 15.3 Å². The predicted octanol–water partition coefficient (Wildman–Crippen LogP) is 3.03. The average Bonchev–Trinajstić information content (AvgIpc) is 3.30. The molecule has 3 rings (SSSR count). The van der Waals surface area contributed by atoms with Crippen LogP contribution in [0.5, 0.6) is 0 Å². The third-order valence-electron chi connectivity index (χ3n) is 3.22. The lowest BCUT2D eigenvalue weighted by atomic mass is 10.2. The molecule has 134 valence electrons. The SMILES string of the molecule is CNc1nc(/C=C/C(=O)O)cs1.O=Cc1cccn1Cc1ccncc1. The monoisotopic (exact) mass is 370 g/mol. The fourth-order valence-electron chi connectivity index (χ4n) is 2.00. The summed E-state index contributed by atoms with van der Waals surface area (Å²) in [6.07, 6.45) is 8.78. The number of carboxylic acids is 1. The largest absolute Gasteiger partial charge is 0.478 e. The molecular formula is C18H18N4O3S. The summed E-state index contributed by atoms with van der Waals surface area (Å²) in [5.74, 6) is -0.964. The van der Waals surface area contributed by atoms with Gasteiger partial charge in [0.15, 0.2) is 11.4 Å². The molecule has 0 fully saturated rings. The van der Waals surface area contributed by atoms with E-state index in [4.69, 9.17) is 5.11 Å². The number of hydrogen-bond acceptors (Lipinski definition) is 6. The molecule has 0 saturated heterocycles. The van der Waals surface area contributed by atoms with Crippen molar-refractivity contribution in [2.75, 3.05) is 12.4 Å². The number of nitrogens with one attached hydrogen (secondary N) is 1. The van der Waals surface area contributed by atoms with Crippen LogP contribution in [0, 0.1) is 0 Å². The van der Waals surface area contributed by atoms with Crippen LogP contribution < -0.4 is 5.32 Å². The molecule has 0 radical (unpaired) electrons. The Kier molecular flexibility index (Phi) is 7.26. The Balaban J connectivity index is 0.000000190. The summed E-state index contributed by atoms with van der Waals surface area (Å²) in [5.41, 5.74) is 2.49. The van der Waals surface area contributed by atoms with E-state index in [1.807, 2.05) is 29.0 Å². The number of aromatic nitrogens is 3. The smallest absolute Gasteiger partial charge is 0.328 e. The van der Waals surface area contributed by atoms with Crippen LogP contribution in [0.4, 0.5) is 5.13 Å². The van der Waals surface area contributed by atoms with Crippen LogP contribution in [0.25, 0.3) is 6.08 Å². The molecule has 0 aliphatic rings. The van der Waals surface area contributed by atoms with Gasteiger partial charge in [-0.3, -0.25) is 9.78 Å². The summed E-state index contributed by atoms with van der Waals surface area (Å²) in [5, 5.41) is 13.7. The van der Waals surface area contributed by atoms with E-state index in [0.717, 1.165) is 23.1 Å². The number of pyridine rings is 1. The summed E-state index contributed by atoms with van der Waals surface area (Å²) in [6.45, 7) is 0.712. The second kappa shape index (κ2) is 9.90. The molecule has 26 heavy (non-hydrogen) atoms. The van der Waals surface area contributed by atoms with Gasteiger partial charge in [0.25, 0.3) is 0 Å². The molecule has 0 aromatic carbocycles. The van der Waals surface area contributed by atoms with Crippen molar-refractivity contribution in [1.29, 1.82) is 0 Å². The van der Waals surface area contributed by atoms with Crippen molar-refractivity contribution in [2.24, 2.45) is 0 Å². The highest BCUT2D eigenvalue weighted by Gasteiger charge is 1.99. The Labute approximate surface area is 154 Å². The van der Waals surface area contributed by atoms with Crippen LogP contribution in [-0.2, 0) is 11.3 Å². The number of carboxylic acid groups (broad SMARTS) is 1. The van der Waals surface area contributed by atoms with Crippen molar-refractivity contribution in [2.45, 2.75) is 6.54 Å². The van der Waals surface area contributed by atoms with Crippen LogP contribution >= 0.6 is 11.3 Å². The van der Waals surface area contributed by atoms with Crippen molar-refractivity contribution >= 4 is 34.8 Å². The first-order chi connectivity index (χ1) is 12.6. The number of hydrogen-bond donors (Lipinski definition) is 2. The fraction of sp³-hybridized carbons (Fsp3) is 0.111. The quantitative estimate of drug-likeness (QED) is 0.511. The zero-order valence-electron chi connectivity index (χ0n) is 14.1. The number of nitrogens with zero attached hydrogens (tertiary/aromatic N) is 3. The lowest BCUT2D eigenvalue weighted by Gasteiger charge is -2.04. The van der Waals surface area contributed by atoms with Gasteiger partial charge < -0.3 is 15.0 Å². The van der Waals surface area contributed by atoms with Crippen LogP contribution in [0.3, 0.4) is 0 Å². The summed E-state index contributed by atoms with van der Waals surface area (Å²) in [4.78, 5) is 28.8. The van der Waals surface area contributed by atoms with E-state index < -0.39 is 5.97 Å². The zero-order valence-corrected chi connectivity index (χ0v) is 14.9. The van der Waals surface area contributed by atoms with Gasteiger partial charge in [0.05, 0.1) is 11.4 Å². The van der Waals surface area contributed by atoms with Crippen molar-refractivity contribution in [1.82, 2.24) is 14.5 Å². The number of aliphatic carboxylic acids is 1. The molecule has 0 aliphatic carbocycles. The maximum Gasteiger partial charge on any atom is 0.328 e. The highest BCUT2D eigenvalue weighted by atomic mass is 32.1. The predicted molar refractivity (Wildman–Crippen MR) is 101 cm³/mol. The molecule has 3 aromatic rings. The van der Waals surface area contributed by atoms with E-state index in [-0.39, 0.29) is 0 Å². The van der Waals surface area contributed by atoms with E-state index in [1.54, 1.807) is 30.9 Å². The van der Waals surface area contributed by atoms with Gasteiger partial charge in [-0.25, -0.2) is 9.78 Å². The Morgan fingerprint density at radius 1 is 1.35 bits per heavy atom. The average molecular weight is 370 g/mol. The van der Waals surface area contributed by atoms with Crippen molar-refractivity contribution < 1.29 is 14.7 Å². The molecule has 3 heterocycles. The summed E-state index contributed by atoms with van der Waals surface area (Å²) in [6, 6.07) is 7.54. The summed E-state index contributed by atoms with van der Waals surface area (Å²) < 4.78 is 1.91. The maximum atomic E-state index is 10.6. The topological polar surface area (TPSA) is 97.1 Å². The minimum absolute atomic E-state index is 0.659. The minimum atomic E-state index is -0.964. The van der Waals surface area contributed by atoms with Crippen molar-refractivity contribution in [3.8, 4) is 0 Å². The van der Waals surface area contributed by atoms with Gasteiger partial charge in [-0.1, -0.05) is 0 Å². The number of rotatable bonds is 6. The van der Waals surface area contributed by atoms with E-state index >= 15 is 0 Å². The Bertz CT molecular complexity index is 871. The Hall–Kier alpha value is -3.26. The van der Waals surface area contributed by atoms with Gasteiger partial charge in [-0.15, -0.1) is 11.3 Å². The second-order valence-corrected chi connectivity index (χ2v) is 5.89. The molecule has 0 atom stereocenters. The maximum absolute atomic E-state index is 10.6. The first-order valence-electron chi connectivity index (χ1n) is 7.66. The highest BCUT2D eigenvalue weighted by Crippen LogP contribution is 2.15. The van der Waals surface area contributed by atoms with Gasteiger partial charge in [0.2, 0.25) is 0 Å². The highest BCUT2D eigenvalue weighted by molar-refractivity contribution is 7.13. The first-order valence-corrected chi connectivity index (χ1v) is 8.54. The lowest BCUT2D eigenvalue weighted by Crippen LogP contribution is -2.01. The van der Waals surface area contributed by atoms with Gasteiger partial charge >= 0.3 is 5.97 Å². The first kappa shape index (κ1) is 19.1. The number of anilines is 1. The molecule has 7 nitrogen and oxygen atoms in total. The fourth-order valence-corrected chi connectivity index (χ4v) is 2.64. The zero-order chi connectivity index (χ0) is 18.8. The molecule has 0 spiro atoms. The summed E-state index contributed by atoms with van der Waals surface area (Å²) >= 11 is 1.43. The molecule has 2 N–H and O–H groups in total.